The molecular weight excluding hydrogens is 486 g/mol. The van der Waals surface area contributed by atoms with Crippen LogP contribution in [0, 0.1) is 5.92 Å². The van der Waals surface area contributed by atoms with E-state index in [1.54, 1.807) is 61.5 Å². The van der Waals surface area contributed by atoms with Crippen LogP contribution >= 0.6 is 0 Å². The molecule has 1 aliphatic rings. The van der Waals surface area contributed by atoms with Crippen LogP contribution in [0.15, 0.2) is 78.4 Å². The van der Waals surface area contributed by atoms with Crippen LogP contribution in [0.25, 0.3) is 5.76 Å². The summed E-state index contributed by atoms with van der Waals surface area (Å²) < 4.78 is 10.8. The van der Waals surface area contributed by atoms with Gasteiger partial charge in [-0.1, -0.05) is 32.0 Å². The van der Waals surface area contributed by atoms with E-state index in [9.17, 15) is 24.6 Å². The van der Waals surface area contributed by atoms with Gasteiger partial charge in [0.15, 0.2) is 0 Å². The monoisotopic (exact) mass is 515 g/mol. The molecule has 0 saturated carbocycles. The minimum atomic E-state index is -1.06. The number of Topliss-reactive ketones (excluding diaryl/α,β-unsaturated/α-hetero) is 1. The Morgan fingerprint density at radius 1 is 0.974 bits per heavy atom. The van der Waals surface area contributed by atoms with E-state index in [0.717, 1.165) is 0 Å². The number of aromatic hydroxyl groups is 1. The number of aliphatic hydroxyl groups is 1. The highest BCUT2D eigenvalue weighted by Crippen LogP contribution is 2.43. The van der Waals surface area contributed by atoms with Crippen LogP contribution in [0.1, 0.15) is 48.3 Å². The van der Waals surface area contributed by atoms with Crippen molar-refractivity contribution in [1.82, 2.24) is 0 Å². The molecule has 1 fully saturated rings. The zero-order valence-corrected chi connectivity index (χ0v) is 21.4. The number of anilines is 1. The highest BCUT2D eigenvalue weighted by Gasteiger charge is 2.47. The molecule has 0 radical (unpaired) electrons. The number of ketones is 1. The van der Waals surface area contributed by atoms with Gasteiger partial charge in [0.25, 0.3) is 11.7 Å². The van der Waals surface area contributed by atoms with Crippen molar-refractivity contribution in [1.29, 1.82) is 0 Å². The second-order valence-electron chi connectivity index (χ2n) is 9.26. The van der Waals surface area contributed by atoms with Crippen LogP contribution in [0.4, 0.5) is 5.69 Å². The Morgan fingerprint density at radius 2 is 1.68 bits per heavy atom. The number of aliphatic hydroxyl groups excluding tert-OH is 1. The second kappa shape index (κ2) is 11.2. The van der Waals surface area contributed by atoms with E-state index in [2.05, 4.69) is 0 Å². The van der Waals surface area contributed by atoms with E-state index in [1.165, 1.54) is 23.1 Å². The molecule has 196 valence electrons. The molecule has 1 amide bonds. The van der Waals surface area contributed by atoms with Crippen molar-refractivity contribution in [2.45, 2.75) is 26.8 Å². The molecule has 8 nitrogen and oxygen atoms in total. The summed E-state index contributed by atoms with van der Waals surface area (Å²) in [6, 6.07) is 17.8. The summed E-state index contributed by atoms with van der Waals surface area (Å²) in [4.78, 5) is 40.3. The average molecular weight is 516 g/mol. The second-order valence-corrected chi connectivity index (χ2v) is 9.26. The number of ether oxygens (including phenoxy) is 2. The van der Waals surface area contributed by atoms with Crippen LogP contribution in [0.2, 0.25) is 0 Å². The molecule has 0 spiro atoms. The fourth-order valence-electron chi connectivity index (χ4n) is 4.23. The van der Waals surface area contributed by atoms with Gasteiger partial charge in [-0.15, -0.1) is 0 Å². The van der Waals surface area contributed by atoms with Crippen molar-refractivity contribution in [3.63, 3.8) is 0 Å². The molecule has 38 heavy (non-hydrogen) atoms. The Labute approximate surface area is 220 Å². The highest BCUT2D eigenvalue weighted by atomic mass is 16.5. The Balaban J connectivity index is 1.82. The summed E-state index contributed by atoms with van der Waals surface area (Å²) in [7, 11) is 0. The predicted molar refractivity (Wildman–Crippen MR) is 142 cm³/mol. The van der Waals surface area contributed by atoms with Crippen molar-refractivity contribution in [2.75, 3.05) is 18.1 Å². The van der Waals surface area contributed by atoms with Gasteiger partial charge in [0, 0.05) is 11.3 Å². The maximum absolute atomic E-state index is 13.4. The van der Waals surface area contributed by atoms with Gasteiger partial charge in [-0.2, -0.15) is 0 Å². The molecule has 3 aromatic carbocycles. The Bertz CT molecular complexity index is 1390. The van der Waals surface area contributed by atoms with Crippen molar-refractivity contribution >= 4 is 29.1 Å². The number of hydrogen-bond donors (Lipinski definition) is 2. The first-order valence-corrected chi connectivity index (χ1v) is 12.3. The molecule has 0 bridgehead atoms. The number of amides is 1. The van der Waals surface area contributed by atoms with E-state index in [-0.39, 0.29) is 34.9 Å². The SMILES string of the molecule is CCOC(=O)c1cccc(N2C(=O)C(=O)/C(=C(/O)c3ccc(OCC(C)C)cc3)C2c2cccc(O)c2)c1. The van der Waals surface area contributed by atoms with Crippen molar-refractivity contribution in [3.05, 3.63) is 95.1 Å². The molecule has 1 saturated heterocycles. The normalized spacial score (nSPS) is 16.6. The third-order valence-corrected chi connectivity index (χ3v) is 5.98. The lowest BCUT2D eigenvalue weighted by atomic mass is 9.95. The minimum Gasteiger partial charge on any atom is -0.508 e. The topological polar surface area (TPSA) is 113 Å². The van der Waals surface area contributed by atoms with Crippen LogP contribution in [0.3, 0.4) is 0 Å². The quantitative estimate of drug-likeness (QED) is 0.183. The fraction of sp³-hybridized carbons (Fsp3) is 0.233. The Kier molecular flexibility index (Phi) is 7.81. The van der Waals surface area contributed by atoms with Crippen molar-refractivity contribution in [3.8, 4) is 11.5 Å². The van der Waals surface area contributed by atoms with Crippen LogP contribution < -0.4 is 9.64 Å². The molecule has 3 aromatic rings. The van der Waals surface area contributed by atoms with E-state index in [4.69, 9.17) is 9.47 Å². The molecule has 0 aliphatic carbocycles. The molecule has 1 aliphatic heterocycles. The number of hydrogen-bond acceptors (Lipinski definition) is 7. The van der Waals surface area contributed by atoms with Crippen molar-refractivity contribution < 1.29 is 34.1 Å². The van der Waals surface area contributed by atoms with Gasteiger partial charge in [0.1, 0.15) is 17.3 Å². The van der Waals surface area contributed by atoms with Crippen LogP contribution in [-0.4, -0.2) is 41.1 Å². The smallest absolute Gasteiger partial charge is 0.338 e. The fourth-order valence-corrected chi connectivity index (χ4v) is 4.23. The van der Waals surface area contributed by atoms with Gasteiger partial charge in [0.2, 0.25) is 0 Å². The zero-order chi connectivity index (χ0) is 27.4. The number of nitrogens with zero attached hydrogens (tertiary/aromatic N) is 1. The number of phenolic OH excluding ortho intramolecular Hbond substituents is 1. The number of carbonyl (C=O) groups is 3. The molecular formula is C30H29NO7. The number of phenols is 1. The molecule has 1 unspecified atom stereocenters. The summed E-state index contributed by atoms with van der Waals surface area (Å²) in [6.07, 6.45) is 0. The molecule has 0 aromatic heterocycles. The summed E-state index contributed by atoms with van der Waals surface area (Å²) in [5, 5.41) is 21.5. The maximum Gasteiger partial charge on any atom is 0.338 e. The van der Waals surface area contributed by atoms with E-state index < -0.39 is 23.7 Å². The highest BCUT2D eigenvalue weighted by molar-refractivity contribution is 6.51. The molecule has 1 atom stereocenters. The summed E-state index contributed by atoms with van der Waals surface area (Å²) >= 11 is 0. The molecule has 8 heteroatoms. The maximum atomic E-state index is 13.4. The standard InChI is InChI=1S/C30H29NO7/c1-4-37-30(36)21-8-5-9-22(15-21)31-26(20-7-6-10-23(32)16-20)25(28(34)29(31)35)27(33)19-11-13-24(14-12-19)38-17-18(2)3/h5-16,18,26,32-33H,4,17H2,1-3H3/b27-25+. The lowest BCUT2D eigenvalue weighted by Gasteiger charge is -2.26. The summed E-state index contributed by atoms with van der Waals surface area (Å²) in [5.41, 5.74) is 1.06. The van der Waals surface area contributed by atoms with Crippen molar-refractivity contribution in [2.24, 2.45) is 5.92 Å². The molecule has 1 heterocycles. The van der Waals surface area contributed by atoms with E-state index >= 15 is 0 Å². The largest absolute Gasteiger partial charge is 0.508 e. The average Bonchev–Trinajstić information content (AvgIpc) is 3.17. The molecule has 4 rings (SSSR count). The Morgan fingerprint density at radius 3 is 2.34 bits per heavy atom. The van der Waals surface area contributed by atoms with Gasteiger partial charge in [0.05, 0.1) is 30.4 Å². The number of carbonyl (C=O) groups excluding carboxylic acids is 3. The van der Waals surface area contributed by atoms with Gasteiger partial charge < -0.3 is 19.7 Å². The number of esters is 1. The van der Waals surface area contributed by atoms with Gasteiger partial charge in [-0.3, -0.25) is 14.5 Å². The lowest BCUT2D eigenvalue weighted by molar-refractivity contribution is -0.132. The van der Waals surface area contributed by atoms with Crippen LogP contribution in [0.5, 0.6) is 11.5 Å². The van der Waals surface area contributed by atoms with Crippen LogP contribution in [-0.2, 0) is 14.3 Å². The van der Waals surface area contributed by atoms with E-state index in [0.29, 0.717) is 29.4 Å². The third-order valence-electron chi connectivity index (χ3n) is 5.98. The number of rotatable bonds is 8. The van der Waals surface area contributed by atoms with Gasteiger partial charge >= 0.3 is 5.97 Å². The number of benzene rings is 3. The predicted octanol–water partition coefficient (Wildman–Crippen LogP) is 5.23. The third kappa shape index (κ3) is 5.39. The first-order chi connectivity index (χ1) is 18.2. The summed E-state index contributed by atoms with van der Waals surface area (Å²) in [5.74, 6) is -1.83. The van der Waals surface area contributed by atoms with Gasteiger partial charge in [-0.05, 0) is 73.0 Å². The first-order valence-electron chi connectivity index (χ1n) is 12.3. The zero-order valence-electron chi connectivity index (χ0n) is 21.4. The lowest BCUT2D eigenvalue weighted by Crippen LogP contribution is -2.29. The minimum absolute atomic E-state index is 0.0694. The Hall–Kier alpha value is -4.59. The summed E-state index contributed by atoms with van der Waals surface area (Å²) in [6.45, 7) is 6.45. The molecule has 2 N–H and O–H groups in total. The first kappa shape index (κ1) is 26.5. The van der Waals surface area contributed by atoms with Gasteiger partial charge in [-0.25, -0.2) is 4.79 Å². The van der Waals surface area contributed by atoms with E-state index in [1.807, 2.05) is 13.8 Å².